The molecule has 222 valence electrons. The van der Waals surface area contributed by atoms with Crippen LogP contribution in [0.1, 0.15) is 65.0 Å². The number of Topliss-reactive ketones (excluding diaryl/α,β-unsaturated/α-hetero) is 1. The lowest BCUT2D eigenvalue weighted by Crippen LogP contribution is -2.70. The summed E-state index contributed by atoms with van der Waals surface area (Å²) in [6.45, 7) is 9.95. The van der Waals surface area contributed by atoms with Gasteiger partial charge >= 0.3 is 0 Å². The largest absolute Gasteiger partial charge is 0.390 e. The monoisotopic (exact) mass is 569 g/mol. The number of carbonyl (C=O) groups excluding carboxylic acids is 2. The van der Waals surface area contributed by atoms with Crippen LogP contribution in [0, 0.1) is 28.6 Å². The highest BCUT2D eigenvalue weighted by atomic mass is 19.1. The maximum absolute atomic E-state index is 17.5. The zero-order valence-electron chi connectivity index (χ0n) is 24.5. The first-order valence-corrected chi connectivity index (χ1v) is 14.8. The first-order valence-electron chi connectivity index (χ1n) is 14.8. The molecule has 1 aromatic rings. The molecule has 3 saturated carbocycles. The number of alkyl halides is 2. The van der Waals surface area contributed by atoms with E-state index in [0.29, 0.717) is 19.5 Å². The second-order valence-corrected chi connectivity index (χ2v) is 14.5. The Hall–Kier alpha value is -2.26. The average molecular weight is 570 g/mol. The van der Waals surface area contributed by atoms with Gasteiger partial charge in [0.2, 0.25) is 0 Å². The summed E-state index contributed by atoms with van der Waals surface area (Å²) in [4.78, 5) is 32.3. The Balaban J connectivity index is 1.35. The van der Waals surface area contributed by atoms with E-state index in [1.165, 1.54) is 23.8 Å². The zero-order valence-corrected chi connectivity index (χ0v) is 24.5. The van der Waals surface area contributed by atoms with Gasteiger partial charge in [0.1, 0.15) is 12.8 Å². The first kappa shape index (κ1) is 28.8. The zero-order chi connectivity index (χ0) is 29.8. The molecule has 6 nitrogen and oxygen atoms in total. The number of aliphatic hydroxyl groups is 2. The molecule has 41 heavy (non-hydrogen) atoms. The van der Waals surface area contributed by atoms with Crippen molar-refractivity contribution in [1.29, 1.82) is 0 Å². The average Bonchev–Trinajstić information content (AvgIpc) is 3.38. The van der Waals surface area contributed by atoms with Crippen molar-refractivity contribution in [2.45, 2.75) is 89.4 Å². The van der Waals surface area contributed by atoms with Crippen LogP contribution in [0.3, 0.4) is 0 Å². The fourth-order valence-corrected chi connectivity index (χ4v) is 9.35. The normalized spacial score (nSPS) is 43.7. The highest BCUT2D eigenvalue weighted by molar-refractivity contribution is 6.01. The Morgan fingerprint density at radius 3 is 2.46 bits per heavy atom. The maximum Gasteiger partial charge on any atom is 0.192 e. The van der Waals surface area contributed by atoms with Gasteiger partial charge in [0.15, 0.2) is 22.8 Å². The Morgan fingerprint density at radius 1 is 1.15 bits per heavy atom. The molecule has 1 aliphatic heterocycles. The molecule has 0 radical (unpaired) electrons. The molecule has 0 unspecified atom stereocenters. The minimum absolute atomic E-state index is 0.0165. The van der Waals surface area contributed by atoms with Crippen LogP contribution in [0.25, 0.3) is 0 Å². The summed E-state index contributed by atoms with van der Waals surface area (Å²) < 4.78 is 33.3. The van der Waals surface area contributed by atoms with Crippen LogP contribution < -0.4 is 0 Å². The second kappa shape index (κ2) is 9.12. The van der Waals surface area contributed by atoms with Crippen LogP contribution in [0.2, 0.25) is 0 Å². The maximum atomic E-state index is 17.5. The number of hydroxylamine groups is 2. The third-order valence-electron chi connectivity index (χ3n) is 11.4. The van der Waals surface area contributed by atoms with E-state index in [9.17, 15) is 19.8 Å². The summed E-state index contributed by atoms with van der Waals surface area (Å²) in [6, 6.07) is 8.26. The van der Waals surface area contributed by atoms with Gasteiger partial charge in [-0.3, -0.25) is 14.4 Å². The van der Waals surface area contributed by atoms with E-state index < -0.39 is 58.6 Å². The van der Waals surface area contributed by atoms with Crippen LogP contribution in [0.15, 0.2) is 48.1 Å². The van der Waals surface area contributed by atoms with Crippen molar-refractivity contribution < 1.29 is 33.4 Å². The van der Waals surface area contributed by atoms with E-state index in [4.69, 9.17) is 4.84 Å². The molecule has 8 heteroatoms. The van der Waals surface area contributed by atoms with E-state index in [-0.39, 0.29) is 35.5 Å². The van der Waals surface area contributed by atoms with E-state index >= 15 is 8.78 Å². The van der Waals surface area contributed by atoms with Gasteiger partial charge in [-0.25, -0.2) is 8.78 Å². The molecular weight excluding hydrogens is 528 g/mol. The van der Waals surface area contributed by atoms with Crippen molar-refractivity contribution in [3.63, 3.8) is 0 Å². The lowest BCUT2D eigenvalue weighted by atomic mass is 9.44. The van der Waals surface area contributed by atoms with Gasteiger partial charge in [0.05, 0.1) is 6.10 Å². The SMILES string of the molecule is CC(C)(C)c1ccc(CN2C[C@@H]3C[C@H]4[C@@H]5C[C@H](F)C6=CC(=O)C=C[C@]6(C)[C@@]5(F)[C@@H](O)C[C@]4(C)[C@]3(C(=O)CO)O2)cc1. The summed E-state index contributed by atoms with van der Waals surface area (Å²) >= 11 is 0. The number of ketones is 2. The highest BCUT2D eigenvalue weighted by Crippen LogP contribution is 2.72. The van der Waals surface area contributed by atoms with Crippen molar-refractivity contribution >= 4 is 11.6 Å². The van der Waals surface area contributed by atoms with Crippen molar-refractivity contribution in [3.8, 4) is 0 Å². The quantitative estimate of drug-likeness (QED) is 0.552. The third kappa shape index (κ3) is 3.73. The summed E-state index contributed by atoms with van der Waals surface area (Å²) in [6.07, 6.45) is 0.929. The van der Waals surface area contributed by atoms with E-state index in [1.807, 2.05) is 19.1 Å². The number of hydrogen-bond donors (Lipinski definition) is 2. The Kier molecular flexibility index (Phi) is 6.41. The van der Waals surface area contributed by atoms with Crippen molar-refractivity contribution in [1.82, 2.24) is 5.06 Å². The predicted octanol–water partition coefficient (Wildman–Crippen LogP) is 4.58. The molecule has 0 amide bonds. The fourth-order valence-electron chi connectivity index (χ4n) is 9.35. The van der Waals surface area contributed by atoms with Gasteiger partial charge in [-0.2, -0.15) is 5.06 Å². The number of benzene rings is 1. The number of carbonyl (C=O) groups is 2. The lowest BCUT2D eigenvalue weighted by molar-refractivity contribution is -0.269. The molecule has 4 fully saturated rings. The third-order valence-corrected chi connectivity index (χ3v) is 11.4. The molecule has 1 saturated heterocycles. The van der Waals surface area contributed by atoms with E-state index in [2.05, 4.69) is 32.9 Å². The molecule has 0 bridgehead atoms. The summed E-state index contributed by atoms with van der Waals surface area (Å²) in [5.41, 5.74) is -3.89. The lowest BCUT2D eigenvalue weighted by Gasteiger charge is -2.63. The van der Waals surface area contributed by atoms with Gasteiger partial charge in [0.25, 0.3) is 0 Å². The molecular formula is C33H41F2NO5. The van der Waals surface area contributed by atoms with Gasteiger partial charge in [-0.15, -0.1) is 0 Å². The molecule has 5 aliphatic rings. The topological polar surface area (TPSA) is 87.1 Å². The van der Waals surface area contributed by atoms with Crippen LogP contribution in [0.5, 0.6) is 0 Å². The number of halogens is 2. The van der Waals surface area contributed by atoms with Crippen LogP contribution in [-0.4, -0.2) is 63.5 Å². The minimum Gasteiger partial charge on any atom is -0.390 e. The molecule has 9 atom stereocenters. The number of hydrogen-bond acceptors (Lipinski definition) is 6. The fraction of sp³-hybridized carbons (Fsp3) is 0.636. The Bertz CT molecular complexity index is 1340. The van der Waals surface area contributed by atoms with Crippen molar-refractivity contribution in [2.24, 2.45) is 28.6 Å². The van der Waals surface area contributed by atoms with Gasteiger partial charge < -0.3 is 10.2 Å². The standard InChI is InChI=1S/C33H41F2NO5/c1-29(2,3)20-8-6-19(7-9-20)16-36-17-21-12-23-24-14-26(34)25-13-22(38)10-11-30(25,4)32(24,35)27(39)15-31(23,5)33(21,41-36)28(40)18-37/h6-11,13,21,23-24,26-27,37,39H,12,14-18H2,1-5H3/t21-,23-,24-,26-,27-,30-,31-,32-,33-/m0/s1. The number of aliphatic hydroxyl groups excluding tert-OH is 2. The molecule has 4 aliphatic carbocycles. The second-order valence-electron chi connectivity index (χ2n) is 14.5. The summed E-state index contributed by atoms with van der Waals surface area (Å²) in [5, 5.41) is 23.5. The van der Waals surface area contributed by atoms with Gasteiger partial charge in [-0.1, -0.05) is 58.0 Å². The molecule has 0 aromatic heterocycles. The predicted molar refractivity (Wildman–Crippen MR) is 149 cm³/mol. The summed E-state index contributed by atoms with van der Waals surface area (Å²) in [7, 11) is 0. The van der Waals surface area contributed by atoms with Gasteiger partial charge in [0, 0.05) is 35.8 Å². The van der Waals surface area contributed by atoms with Crippen LogP contribution in [0.4, 0.5) is 8.78 Å². The number of nitrogens with zero attached hydrogens (tertiary/aromatic N) is 1. The number of fused-ring (bicyclic) bond motifs is 7. The Labute approximate surface area is 240 Å². The molecule has 6 rings (SSSR count). The number of rotatable bonds is 4. The van der Waals surface area contributed by atoms with Crippen molar-refractivity contribution in [3.05, 3.63) is 59.2 Å². The van der Waals surface area contributed by atoms with Crippen LogP contribution >= 0.6 is 0 Å². The Morgan fingerprint density at radius 2 is 1.83 bits per heavy atom. The highest BCUT2D eigenvalue weighted by Gasteiger charge is 2.79. The molecule has 1 aromatic carbocycles. The smallest absolute Gasteiger partial charge is 0.192 e. The van der Waals surface area contributed by atoms with Crippen LogP contribution in [-0.2, 0) is 26.4 Å². The first-order chi connectivity index (χ1) is 19.1. The number of allylic oxidation sites excluding steroid dienone is 4. The summed E-state index contributed by atoms with van der Waals surface area (Å²) in [5.74, 6) is -2.60. The van der Waals surface area contributed by atoms with Crippen molar-refractivity contribution in [2.75, 3.05) is 13.2 Å². The molecule has 1 heterocycles. The van der Waals surface area contributed by atoms with E-state index in [1.54, 1.807) is 12.0 Å². The van der Waals surface area contributed by atoms with E-state index in [0.717, 1.165) is 5.56 Å². The molecule has 2 N–H and O–H groups in total. The van der Waals surface area contributed by atoms with Gasteiger partial charge in [-0.05, 0) is 66.4 Å². The molecule has 0 spiro atoms. The minimum atomic E-state index is -2.22.